The van der Waals surface area contributed by atoms with E-state index in [-0.39, 0.29) is 11.6 Å². The van der Waals surface area contributed by atoms with Crippen LogP contribution in [0.25, 0.3) is 0 Å². The van der Waals surface area contributed by atoms with Crippen LogP contribution >= 0.6 is 11.3 Å². The molecule has 0 aliphatic carbocycles. The van der Waals surface area contributed by atoms with Crippen LogP contribution in [0.5, 0.6) is 0 Å². The van der Waals surface area contributed by atoms with Crippen LogP contribution in [0.1, 0.15) is 15.5 Å². The number of carbonyl (C=O) groups is 1. The molecule has 9 heteroatoms. The monoisotopic (exact) mass is 256 g/mol. The first kappa shape index (κ1) is 12.9. The number of hydroxylamine groups is 1. The first-order valence-electron chi connectivity index (χ1n) is 3.97. The van der Waals surface area contributed by atoms with Gasteiger partial charge in [-0.05, 0) is 0 Å². The molecular formula is C7H7F3N2O3S. The number of rotatable bonds is 5. The van der Waals surface area contributed by atoms with Crippen LogP contribution in [-0.2, 0) is 11.4 Å². The summed E-state index contributed by atoms with van der Waals surface area (Å²) in [6.45, 7) is -1.50. The van der Waals surface area contributed by atoms with E-state index in [2.05, 4.69) is 9.82 Å². The number of aromatic nitrogens is 1. The van der Waals surface area contributed by atoms with Crippen molar-refractivity contribution in [3.8, 4) is 0 Å². The highest BCUT2D eigenvalue weighted by molar-refractivity contribution is 7.11. The molecule has 0 saturated heterocycles. The number of hydrogen-bond acceptors (Lipinski definition) is 5. The highest BCUT2D eigenvalue weighted by Gasteiger charge is 2.27. The van der Waals surface area contributed by atoms with E-state index in [1.165, 1.54) is 5.38 Å². The van der Waals surface area contributed by atoms with Gasteiger partial charge in [0.2, 0.25) is 5.01 Å². The van der Waals surface area contributed by atoms with Crippen molar-refractivity contribution in [2.45, 2.75) is 12.7 Å². The molecule has 0 atom stereocenters. The second-order valence-electron chi connectivity index (χ2n) is 2.67. The zero-order valence-electron chi connectivity index (χ0n) is 7.74. The molecule has 1 aromatic heterocycles. The lowest BCUT2D eigenvalue weighted by Gasteiger charge is -2.06. The summed E-state index contributed by atoms with van der Waals surface area (Å²) in [6, 6.07) is 0. The predicted molar refractivity (Wildman–Crippen MR) is 47.9 cm³/mol. The molecule has 1 heterocycles. The zero-order valence-corrected chi connectivity index (χ0v) is 8.56. The van der Waals surface area contributed by atoms with E-state index in [4.69, 9.17) is 5.11 Å². The van der Waals surface area contributed by atoms with E-state index in [1.54, 1.807) is 0 Å². The Morgan fingerprint density at radius 1 is 1.62 bits per heavy atom. The fourth-order valence-corrected chi connectivity index (χ4v) is 1.40. The van der Waals surface area contributed by atoms with E-state index in [0.717, 1.165) is 11.3 Å². The lowest BCUT2D eigenvalue weighted by Crippen LogP contribution is -2.24. The lowest BCUT2D eigenvalue weighted by atomic mass is 10.5. The van der Waals surface area contributed by atoms with E-state index in [9.17, 15) is 18.0 Å². The Bertz CT molecular complexity index is 366. The molecule has 16 heavy (non-hydrogen) atoms. The largest absolute Gasteiger partial charge is 0.476 e. The minimum atomic E-state index is -4.40. The number of nitrogens with zero attached hydrogens (tertiary/aromatic N) is 1. The van der Waals surface area contributed by atoms with Gasteiger partial charge in [0, 0.05) is 5.38 Å². The third-order valence-electron chi connectivity index (χ3n) is 1.33. The number of thiazole rings is 1. The number of halogens is 3. The maximum Gasteiger partial charge on any atom is 0.413 e. The van der Waals surface area contributed by atoms with Crippen molar-refractivity contribution in [3.05, 3.63) is 16.1 Å². The molecule has 90 valence electrons. The highest BCUT2D eigenvalue weighted by atomic mass is 32.1. The Morgan fingerprint density at radius 2 is 2.31 bits per heavy atom. The van der Waals surface area contributed by atoms with E-state index >= 15 is 0 Å². The van der Waals surface area contributed by atoms with Gasteiger partial charge in [-0.2, -0.15) is 18.7 Å². The highest BCUT2D eigenvalue weighted by Crippen LogP contribution is 2.14. The van der Waals surface area contributed by atoms with Gasteiger partial charge < -0.3 is 5.11 Å². The molecule has 5 nitrogen and oxygen atoms in total. The molecule has 0 saturated carbocycles. The Labute approximate surface area is 91.8 Å². The van der Waals surface area contributed by atoms with Crippen LogP contribution in [0.3, 0.4) is 0 Å². The predicted octanol–water partition coefficient (Wildman–Crippen LogP) is 1.42. The van der Waals surface area contributed by atoms with Crippen molar-refractivity contribution in [1.82, 2.24) is 10.5 Å². The molecule has 0 unspecified atom stereocenters. The minimum absolute atomic E-state index is 0.0835. The molecule has 0 spiro atoms. The topological polar surface area (TPSA) is 71.5 Å². The van der Waals surface area contributed by atoms with Crippen molar-refractivity contribution in [2.24, 2.45) is 0 Å². The number of aromatic carboxylic acids is 1. The van der Waals surface area contributed by atoms with Crippen LogP contribution in [0.15, 0.2) is 5.38 Å². The molecule has 0 aliphatic rings. The average molecular weight is 256 g/mol. The molecule has 2 N–H and O–H groups in total. The van der Waals surface area contributed by atoms with Crippen LogP contribution in [-0.4, -0.2) is 28.8 Å². The standard InChI is InChI=1S/C7H7F3N2O3S/c8-7(9,10)3-15-11-1-4-2-16-5(12-4)6(13)14/h2,11H,1,3H2,(H,13,14). The Morgan fingerprint density at radius 3 is 2.81 bits per heavy atom. The number of alkyl halides is 3. The van der Waals surface area contributed by atoms with Crippen molar-refractivity contribution >= 4 is 17.3 Å². The van der Waals surface area contributed by atoms with Gasteiger partial charge in [-0.25, -0.2) is 9.78 Å². The Hall–Kier alpha value is -1.19. The summed E-state index contributed by atoms with van der Waals surface area (Å²) >= 11 is 0.893. The molecular weight excluding hydrogens is 249 g/mol. The minimum Gasteiger partial charge on any atom is -0.476 e. The number of hydrogen-bond donors (Lipinski definition) is 2. The zero-order chi connectivity index (χ0) is 12.2. The van der Waals surface area contributed by atoms with Crippen molar-refractivity contribution in [2.75, 3.05) is 6.61 Å². The molecule has 0 fully saturated rings. The maximum atomic E-state index is 11.6. The Balaban J connectivity index is 2.30. The van der Waals surface area contributed by atoms with Gasteiger partial charge in [-0.15, -0.1) is 11.3 Å². The second kappa shape index (κ2) is 5.23. The van der Waals surface area contributed by atoms with E-state index in [1.807, 2.05) is 5.48 Å². The summed E-state index contributed by atoms with van der Waals surface area (Å²) in [6.07, 6.45) is -4.40. The quantitative estimate of drug-likeness (QED) is 0.616. The molecule has 0 aromatic carbocycles. The fraction of sp³-hybridized carbons (Fsp3) is 0.429. The van der Waals surface area contributed by atoms with Gasteiger partial charge in [0.05, 0.1) is 12.2 Å². The van der Waals surface area contributed by atoms with Crippen LogP contribution < -0.4 is 5.48 Å². The first-order chi connectivity index (χ1) is 7.38. The van der Waals surface area contributed by atoms with Gasteiger partial charge in [0.1, 0.15) is 0 Å². The molecule has 1 rings (SSSR count). The Kier molecular flexibility index (Phi) is 4.21. The first-order valence-corrected chi connectivity index (χ1v) is 4.85. The van der Waals surface area contributed by atoms with Crippen LogP contribution in [0.2, 0.25) is 0 Å². The van der Waals surface area contributed by atoms with Gasteiger partial charge in [0.15, 0.2) is 6.61 Å². The van der Waals surface area contributed by atoms with Crippen LogP contribution in [0, 0.1) is 0 Å². The fourth-order valence-electron chi connectivity index (χ4n) is 0.744. The molecule has 0 amide bonds. The summed E-state index contributed by atoms with van der Waals surface area (Å²) in [5.41, 5.74) is 2.35. The normalized spacial score (nSPS) is 11.7. The lowest BCUT2D eigenvalue weighted by molar-refractivity contribution is -0.190. The number of carboxylic acid groups (broad SMARTS) is 1. The third-order valence-corrected chi connectivity index (χ3v) is 2.20. The SMILES string of the molecule is O=C(O)c1nc(CNOCC(F)(F)F)cs1. The molecule has 0 radical (unpaired) electrons. The summed E-state index contributed by atoms with van der Waals surface area (Å²) in [7, 11) is 0. The average Bonchev–Trinajstić information content (AvgIpc) is 2.59. The van der Waals surface area contributed by atoms with E-state index < -0.39 is 18.8 Å². The summed E-state index contributed by atoms with van der Waals surface area (Å²) in [4.78, 5) is 18.2. The summed E-state index contributed by atoms with van der Waals surface area (Å²) in [5.74, 6) is -1.17. The van der Waals surface area contributed by atoms with Crippen molar-refractivity contribution in [3.63, 3.8) is 0 Å². The van der Waals surface area contributed by atoms with Crippen LogP contribution in [0.4, 0.5) is 13.2 Å². The van der Waals surface area contributed by atoms with Gasteiger partial charge in [-0.1, -0.05) is 0 Å². The van der Waals surface area contributed by atoms with E-state index in [0.29, 0.717) is 5.69 Å². The van der Waals surface area contributed by atoms with Crippen molar-refractivity contribution in [1.29, 1.82) is 0 Å². The number of nitrogens with one attached hydrogen (secondary N) is 1. The third kappa shape index (κ3) is 4.55. The van der Waals surface area contributed by atoms with Gasteiger partial charge in [-0.3, -0.25) is 4.84 Å². The maximum absolute atomic E-state index is 11.6. The number of carboxylic acids is 1. The summed E-state index contributed by atoms with van der Waals surface area (Å²) < 4.78 is 34.9. The second-order valence-corrected chi connectivity index (χ2v) is 3.53. The summed E-state index contributed by atoms with van der Waals surface area (Å²) in [5, 5.41) is 9.83. The van der Waals surface area contributed by atoms with Gasteiger partial charge >= 0.3 is 12.1 Å². The van der Waals surface area contributed by atoms with Crippen molar-refractivity contribution < 1.29 is 27.9 Å². The molecule has 0 aliphatic heterocycles. The smallest absolute Gasteiger partial charge is 0.413 e. The van der Waals surface area contributed by atoms with Gasteiger partial charge in [0.25, 0.3) is 0 Å². The molecule has 0 bridgehead atoms. The molecule has 1 aromatic rings.